The fraction of sp³-hybridized carbons (Fsp3) is 0.368. The van der Waals surface area contributed by atoms with E-state index in [-0.39, 0.29) is 29.9 Å². The number of nitro benzene ring substituents is 1. The fourth-order valence-electron chi connectivity index (χ4n) is 3.40. The average Bonchev–Trinajstić information content (AvgIpc) is 2.68. The predicted octanol–water partition coefficient (Wildman–Crippen LogP) is 3.18. The number of para-hydroxylation sites is 1. The van der Waals surface area contributed by atoms with Gasteiger partial charge < -0.3 is 14.8 Å². The lowest BCUT2D eigenvalue weighted by Gasteiger charge is -2.37. The highest BCUT2D eigenvalue weighted by Crippen LogP contribution is 2.33. The molecule has 1 fully saturated rings. The third-order valence-corrected chi connectivity index (χ3v) is 4.68. The molecular weight excluding hydrogens is 370 g/mol. The number of rotatable bonds is 6. The van der Waals surface area contributed by atoms with E-state index in [0.717, 1.165) is 36.5 Å². The van der Waals surface area contributed by atoms with E-state index >= 15 is 0 Å². The van der Waals surface area contributed by atoms with E-state index in [1.807, 2.05) is 24.3 Å². The highest BCUT2D eigenvalue weighted by molar-refractivity contribution is 5.85. The molecule has 27 heavy (non-hydrogen) atoms. The first-order valence-corrected chi connectivity index (χ1v) is 8.53. The molecule has 2 aromatic rings. The van der Waals surface area contributed by atoms with Gasteiger partial charge in [-0.2, -0.15) is 0 Å². The van der Waals surface area contributed by atoms with E-state index in [1.54, 1.807) is 19.2 Å². The van der Waals surface area contributed by atoms with Crippen molar-refractivity contribution < 1.29 is 14.4 Å². The van der Waals surface area contributed by atoms with E-state index in [4.69, 9.17) is 9.47 Å². The number of ether oxygens (including phenoxy) is 2. The molecule has 7 nitrogen and oxygen atoms in total. The average molecular weight is 394 g/mol. The predicted molar refractivity (Wildman–Crippen MR) is 106 cm³/mol. The van der Waals surface area contributed by atoms with Crippen molar-refractivity contribution in [1.29, 1.82) is 0 Å². The first-order chi connectivity index (χ1) is 12.6. The van der Waals surface area contributed by atoms with Gasteiger partial charge in [-0.25, -0.2) is 0 Å². The van der Waals surface area contributed by atoms with Gasteiger partial charge in [0.25, 0.3) is 0 Å². The Morgan fingerprint density at radius 1 is 1.19 bits per heavy atom. The summed E-state index contributed by atoms with van der Waals surface area (Å²) in [7, 11) is 3.11. The smallest absolute Gasteiger partial charge is 0.311 e. The summed E-state index contributed by atoms with van der Waals surface area (Å²) in [6.45, 7) is 3.15. The summed E-state index contributed by atoms with van der Waals surface area (Å²) in [4.78, 5) is 13.2. The van der Waals surface area contributed by atoms with E-state index in [0.29, 0.717) is 6.54 Å². The molecule has 1 saturated heterocycles. The summed E-state index contributed by atoms with van der Waals surface area (Å²) in [5.41, 5.74) is 2.00. The fourth-order valence-corrected chi connectivity index (χ4v) is 3.40. The number of piperazine rings is 1. The molecule has 1 aliphatic rings. The number of methoxy groups -OCH3 is 2. The quantitative estimate of drug-likeness (QED) is 0.600. The van der Waals surface area contributed by atoms with Crippen LogP contribution in [0.4, 0.5) is 5.69 Å². The second-order valence-electron chi connectivity index (χ2n) is 6.20. The molecule has 1 unspecified atom stereocenters. The van der Waals surface area contributed by atoms with Crippen LogP contribution < -0.4 is 14.8 Å². The maximum absolute atomic E-state index is 11.3. The van der Waals surface area contributed by atoms with Crippen LogP contribution in [-0.2, 0) is 6.54 Å². The van der Waals surface area contributed by atoms with Crippen molar-refractivity contribution in [3.63, 3.8) is 0 Å². The second-order valence-corrected chi connectivity index (χ2v) is 6.20. The molecule has 0 bridgehead atoms. The topological polar surface area (TPSA) is 76.9 Å². The largest absolute Gasteiger partial charge is 0.496 e. The van der Waals surface area contributed by atoms with Gasteiger partial charge in [-0.15, -0.1) is 12.4 Å². The lowest BCUT2D eigenvalue weighted by atomic mass is 10.0. The lowest BCUT2D eigenvalue weighted by molar-refractivity contribution is -0.385. The van der Waals surface area contributed by atoms with Crippen LogP contribution in [-0.4, -0.2) is 43.7 Å². The van der Waals surface area contributed by atoms with Crippen molar-refractivity contribution in [2.75, 3.05) is 33.9 Å². The first-order valence-electron chi connectivity index (χ1n) is 8.53. The summed E-state index contributed by atoms with van der Waals surface area (Å²) in [5.74, 6) is 1.13. The summed E-state index contributed by atoms with van der Waals surface area (Å²) < 4.78 is 10.6. The Morgan fingerprint density at radius 3 is 2.63 bits per heavy atom. The third kappa shape index (κ3) is 4.68. The normalized spacial score (nSPS) is 17.0. The molecular formula is C19H24ClN3O4. The minimum Gasteiger partial charge on any atom is -0.496 e. The Labute approximate surface area is 164 Å². The van der Waals surface area contributed by atoms with Crippen LogP contribution in [0.2, 0.25) is 0 Å². The Morgan fingerprint density at radius 2 is 1.93 bits per heavy atom. The molecule has 1 atom stereocenters. The number of hydrogen-bond donors (Lipinski definition) is 1. The molecule has 0 amide bonds. The molecule has 0 aromatic heterocycles. The van der Waals surface area contributed by atoms with Crippen LogP contribution in [0.25, 0.3) is 0 Å². The Bertz CT molecular complexity index is 787. The van der Waals surface area contributed by atoms with Crippen LogP contribution in [0.5, 0.6) is 11.5 Å². The highest BCUT2D eigenvalue weighted by Gasteiger charge is 2.27. The zero-order valence-electron chi connectivity index (χ0n) is 15.4. The molecule has 0 radical (unpaired) electrons. The molecule has 0 aliphatic carbocycles. The number of hydrogen-bond acceptors (Lipinski definition) is 6. The maximum Gasteiger partial charge on any atom is 0.311 e. The van der Waals surface area contributed by atoms with Gasteiger partial charge in [0.05, 0.1) is 25.2 Å². The van der Waals surface area contributed by atoms with Crippen molar-refractivity contribution in [1.82, 2.24) is 10.2 Å². The molecule has 0 spiro atoms. The first kappa shape index (κ1) is 21.0. The van der Waals surface area contributed by atoms with Crippen LogP contribution >= 0.6 is 12.4 Å². The third-order valence-electron chi connectivity index (χ3n) is 4.68. The van der Waals surface area contributed by atoms with Crippen LogP contribution in [0.3, 0.4) is 0 Å². The molecule has 0 saturated carbocycles. The van der Waals surface area contributed by atoms with Gasteiger partial charge in [0.15, 0.2) is 5.75 Å². The van der Waals surface area contributed by atoms with Crippen molar-refractivity contribution in [2.45, 2.75) is 12.6 Å². The molecule has 1 heterocycles. The second kappa shape index (κ2) is 9.55. The van der Waals surface area contributed by atoms with Crippen molar-refractivity contribution in [3.8, 4) is 11.5 Å². The minimum absolute atomic E-state index is 0. The van der Waals surface area contributed by atoms with Gasteiger partial charge in [0, 0.05) is 37.8 Å². The summed E-state index contributed by atoms with van der Waals surface area (Å²) >= 11 is 0. The molecule has 1 N–H and O–H groups in total. The van der Waals surface area contributed by atoms with Crippen LogP contribution in [0.1, 0.15) is 17.2 Å². The maximum atomic E-state index is 11.3. The van der Waals surface area contributed by atoms with Gasteiger partial charge >= 0.3 is 5.69 Å². The number of nitrogens with one attached hydrogen (secondary N) is 1. The molecule has 2 aromatic carbocycles. The number of benzene rings is 2. The monoisotopic (exact) mass is 393 g/mol. The SMILES string of the molecule is COc1ccccc1C1CNCCN1Cc1ccc(OC)c([N+](=O)[O-])c1.Cl. The van der Waals surface area contributed by atoms with Gasteiger partial charge in [0.2, 0.25) is 0 Å². The Balaban J connectivity index is 0.00000261. The zero-order valence-corrected chi connectivity index (χ0v) is 16.2. The standard InChI is InChI=1S/C19H23N3O4.ClH/c1-25-18-6-4-3-5-15(18)17-12-20-9-10-21(17)13-14-7-8-19(26-2)16(11-14)22(23)24;/h3-8,11,17,20H,9-10,12-13H2,1-2H3;1H. The van der Waals surface area contributed by atoms with Crippen molar-refractivity contribution >= 4 is 18.1 Å². The van der Waals surface area contributed by atoms with E-state index in [1.165, 1.54) is 7.11 Å². The van der Waals surface area contributed by atoms with Gasteiger partial charge in [0.1, 0.15) is 5.75 Å². The Kier molecular flexibility index (Phi) is 7.41. The lowest BCUT2D eigenvalue weighted by Crippen LogP contribution is -2.45. The van der Waals surface area contributed by atoms with Crippen molar-refractivity contribution in [3.05, 3.63) is 63.7 Å². The summed E-state index contributed by atoms with van der Waals surface area (Å²) in [5, 5.41) is 14.7. The molecule has 8 heteroatoms. The van der Waals surface area contributed by atoms with E-state index in [2.05, 4.69) is 16.3 Å². The molecule has 1 aliphatic heterocycles. The van der Waals surface area contributed by atoms with Crippen LogP contribution in [0, 0.1) is 10.1 Å². The summed E-state index contributed by atoms with van der Waals surface area (Å²) in [6.07, 6.45) is 0. The number of halogens is 1. The Hall–Kier alpha value is -2.35. The van der Waals surface area contributed by atoms with E-state index < -0.39 is 4.92 Å². The van der Waals surface area contributed by atoms with Gasteiger partial charge in [-0.3, -0.25) is 15.0 Å². The summed E-state index contributed by atoms with van der Waals surface area (Å²) in [6, 6.07) is 13.3. The number of nitrogens with zero attached hydrogens (tertiary/aromatic N) is 2. The van der Waals surface area contributed by atoms with E-state index in [9.17, 15) is 10.1 Å². The van der Waals surface area contributed by atoms with Crippen molar-refractivity contribution in [2.24, 2.45) is 0 Å². The van der Waals surface area contributed by atoms with Gasteiger partial charge in [-0.05, 0) is 17.7 Å². The van der Waals surface area contributed by atoms with Crippen LogP contribution in [0.15, 0.2) is 42.5 Å². The number of nitro groups is 1. The molecule has 146 valence electrons. The minimum atomic E-state index is -0.405. The molecule has 3 rings (SSSR count). The highest BCUT2D eigenvalue weighted by atomic mass is 35.5. The van der Waals surface area contributed by atoms with Gasteiger partial charge in [-0.1, -0.05) is 24.3 Å². The zero-order chi connectivity index (χ0) is 18.5.